The minimum absolute atomic E-state index is 0.0634. The Morgan fingerprint density at radius 2 is 2.23 bits per heavy atom. The van der Waals surface area contributed by atoms with E-state index < -0.39 is 6.04 Å². The molecule has 2 atom stereocenters. The molecule has 22 heavy (non-hydrogen) atoms. The van der Waals surface area contributed by atoms with E-state index in [0.717, 1.165) is 6.42 Å². The van der Waals surface area contributed by atoms with E-state index in [9.17, 15) is 9.59 Å². The summed E-state index contributed by atoms with van der Waals surface area (Å²) >= 11 is 1.71. The topological polar surface area (TPSA) is 54.7 Å². The molecule has 5 nitrogen and oxygen atoms in total. The number of rotatable bonds is 2. The van der Waals surface area contributed by atoms with Crippen LogP contribution in [0.2, 0.25) is 0 Å². The summed E-state index contributed by atoms with van der Waals surface area (Å²) in [6.45, 7) is 6.02. The van der Waals surface area contributed by atoms with E-state index in [4.69, 9.17) is 0 Å². The van der Waals surface area contributed by atoms with Gasteiger partial charge in [0.05, 0.1) is 4.87 Å². The molecule has 0 N–H and O–H groups in total. The first-order valence-corrected chi connectivity index (χ1v) is 8.63. The summed E-state index contributed by atoms with van der Waals surface area (Å²) in [7, 11) is 0. The Morgan fingerprint density at radius 3 is 2.95 bits per heavy atom. The zero-order valence-electron chi connectivity index (χ0n) is 13.2. The number of thioether (sulfide) groups is 1. The predicted molar refractivity (Wildman–Crippen MR) is 86.5 cm³/mol. The Hall–Kier alpha value is -1.56. The lowest BCUT2D eigenvalue weighted by Crippen LogP contribution is -2.49. The molecule has 0 radical (unpaired) electrons. The Balaban J connectivity index is 1.98. The molecule has 2 fully saturated rings. The molecule has 1 aromatic rings. The van der Waals surface area contributed by atoms with Gasteiger partial charge in [-0.05, 0) is 39.3 Å². The first-order valence-electron chi connectivity index (χ1n) is 7.64. The van der Waals surface area contributed by atoms with Gasteiger partial charge in [0.1, 0.15) is 11.5 Å². The van der Waals surface area contributed by atoms with Gasteiger partial charge >= 0.3 is 0 Å². The van der Waals surface area contributed by atoms with Crippen LogP contribution >= 0.6 is 11.8 Å². The van der Waals surface area contributed by atoms with Gasteiger partial charge in [-0.25, -0.2) is 0 Å². The summed E-state index contributed by atoms with van der Waals surface area (Å²) < 4.78 is 1.59. The zero-order chi connectivity index (χ0) is 15.9. The van der Waals surface area contributed by atoms with Gasteiger partial charge < -0.3 is 4.90 Å². The number of fused-ring (bicyclic) bond motifs is 1. The molecular weight excluding hydrogens is 298 g/mol. The first-order chi connectivity index (χ1) is 10.4. The van der Waals surface area contributed by atoms with Crippen LogP contribution in [0.5, 0.6) is 0 Å². The molecule has 0 aliphatic carbocycles. The highest BCUT2D eigenvalue weighted by atomic mass is 32.2. The predicted octanol–water partition coefficient (Wildman–Crippen LogP) is 1.89. The van der Waals surface area contributed by atoms with Crippen LogP contribution in [0.3, 0.4) is 0 Å². The average Bonchev–Trinajstić information content (AvgIpc) is 2.95. The summed E-state index contributed by atoms with van der Waals surface area (Å²) in [6.07, 6.45) is 3.10. The van der Waals surface area contributed by atoms with Gasteiger partial charge in [0.15, 0.2) is 0 Å². The van der Waals surface area contributed by atoms with Crippen molar-refractivity contribution in [2.24, 2.45) is 4.99 Å². The fraction of sp³-hybridized carbons (Fsp3) is 0.562. The highest BCUT2D eigenvalue weighted by Crippen LogP contribution is 2.47. The average molecular weight is 319 g/mol. The Labute approximate surface area is 134 Å². The number of carbonyl (C=O) groups is 2. The van der Waals surface area contributed by atoms with Crippen molar-refractivity contribution in [1.82, 2.24) is 9.47 Å². The minimum atomic E-state index is -0.390. The van der Waals surface area contributed by atoms with Crippen molar-refractivity contribution in [2.45, 2.75) is 50.6 Å². The Morgan fingerprint density at radius 1 is 1.45 bits per heavy atom. The van der Waals surface area contributed by atoms with Crippen molar-refractivity contribution >= 4 is 23.6 Å². The number of amides is 1. The van der Waals surface area contributed by atoms with Gasteiger partial charge in [-0.1, -0.05) is 6.07 Å². The summed E-state index contributed by atoms with van der Waals surface area (Å²) in [4.78, 5) is 31.2. The van der Waals surface area contributed by atoms with Crippen molar-refractivity contribution in [3.05, 3.63) is 29.9 Å². The van der Waals surface area contributed by atoms with Gasteiger partial charge in [0, 0.05) is 24.4 Å². The van der Waals surface area contributed by atoms with Crippen molar-refractivity contribution in [1.29, 1.82) is 0 Å². The summed E-state index contributed by atoms with van der Waals surface area (Å²) in [6, 6.07) is 5.26. The largest absolute Gasteiger partial charge is 0.315 e. The standard InChI is InChI=1S/C16H21N3O2S/c1-11(2)17-13-6-4-5-9-18(13)15(21)12-10-22-16(3)8-7-14(20)19(12)16/h4-6,9,11-12H,7-8,10H2,1-3H3/t12-,16+/m1/s1. The molecule has 6 heteroatoms. The molecule has 3 rings (SSSR count). The third kappa shape index (κ3) is 2.49. The fourth-order valence-corrected chi connectivity index (χ4v) is 4.58. The number of nitrogens with zero attached hydrogens (tertiary/aromatic N) is 3. The van der Waals surface area contributed by atoms with Gasteiger partial charge in [0.2, 0.25) is 5.91 Å². The lowest BCUT2D eigenvalue weighted by Gasteiger charge is -2.30. The van der Waals surface area contributed by atoms with Gasteiger partial charge in [-0.3, -0.25) is 19.1 Å². The summed E-state index contributed by atoms with van der Waals surface area (Å²) in [5, 5.41) is 0. The lowest BCUT2D eigenvalue weighted by molar-refractivity contribution is -0.130. The van der Waals surface area contributed by atoms with E-state index in [1.807, 2.05) is 32.0 Å². The lowest BCUT2D eigenvalue weighted by atomic mass is 10.2. The molecule has 2 saturated heterocycles. The van der Waals surface area contributed by atoms with E-state index in [0.29, 0.717) is 17.7 Å². The highest BCUT2D eigenvalue weighted by Gasteiger charge is 2.53. The molecule has 0 aromatic carbocycles. The number of pyridine rings is 1. The van der Waals surface area contributed by atoms with Crippen LogP contribution in [-0.2, 0) is 4.79 Å². The van der Waals surface area contributed by atoms with E-state index in [1.54, 1.807) is 27.4 Å². The quantitative estimate of drug-likeness (QED) is 0.836. The molecule has 2 aliphatic rings. The number of carbonyl (C=O) groups excluding carboxylic acids is 2. The van der Waals surface area contributed by atoms with Gasteiger partial charge in [0.25, 0.3) is 5.91 Å². The number of aromatic nitrogens is 1. The van der Waals surface area contributed by atoms with E-state index in [1.165, 1.54) is 0 Å². The monoisotopic (exact) mass is 319 g/mol. The molecular formula is C16H21N3O2S. The van der Waals surface area contributed by atoms with Crippen molar-refractivity contribution in [3.8, 4) is 0 Å². The minimum Gasteiger partial charge on any atom is -0.315 e. The maximum absolute atomic E-state index is 13.0. The fourth-order valence-electron chi connectivity index (χ4n) is 3.15. The smallest absolute Gasteiger partial charge is 0.255 e. The van der Waals surface area contributed by atoms with Crippen LogP contribution in [0.15, 0.2) is 29.4 Å². The van der Waals surface area contributed by atoms with Gasteiger partial charge in [-0.15, -0.1) is 11.8 Å². The maximum Gasteiger partial charge on any atom is 0.255 e. The van der Waals surface area contributed by atoms with Crippen molar-refractivity contribution in [2.75, 3.05) is 5.75 Å². The van der Waals surface area contributed by atoms with Crippen LogP contribution in [0.4, 0.5) is 0 Å². The van der Waals surface area contributed by atoms with Crippen LogP contribution < -0.4 is 5.49 Å². The Bertz CT molecular complexity index is 682. The van der Waals surface area contributed by atoms with Crippen LogP contribution in [0, 0.1) is 0 Å². The zero-order valence-corrected chi connectivity index (χ0v) is 14.0. The molecule has 118 valence electrons. The van der Waals surface area contributed by atoms with Crippen molar-refractivity contribution in [3.63, 3.8) is 0 Å². The van der Waals surface area contributed by atoms with E-state index in [-0.39, 0.29) is 22.7 Å². The van der Waals surface area contributed by atoms with Gasteiger partial charge in [-0.2, -0.15) is 0 Å². The van der Waals surface area contributed by atoms with Crippen molar-refractivity contribution < 1.29 is 9.59 Å². The van der Waals surface area contributed by atoms with E-state index >= 15 is 0 Å². The molecule has 0 unspecified atom stereocenters. The molecule has 3 heterocycles. The maximum atomic E-state index is 13.0. The van der Waals surface area contributed by atoms with E-state index in [2.05, 4.69) is 11.9 Å². The van der Waals surface area contributed by atoms with Crippen LogP contribution in [0.1, 0.15) is 38.4 Å². The number of hydrogen-bond donors (Lipinski definition) is 0. The number of hydrogen-bond acceptors (Lipinski definition) is 4. The molecule has 1 aromatic heterocycles. The molecule has 1 amide bonds. The second kappa shape index (κ2) is 5.57. The summed E-state index contributed by atoms with van der Waals surface area (Å²) in [5.74, 6) is 0.681. The highest BCUT2D eigenvalue weighted by molar-refractivity contribution is 8.01. The molecule has 0 spiro atoms. The third-order valence-corrected chi connectivity index (χ3v) is 5.70. The second-order valence-corrected chi connectivity index (χ2v) is 7.76. The van der Waals surface area contributed by atoms with Crippen LogP contribution in [0.25, 0.3) is 0 Å². The molecule has 0 bridgehead atoms. The third-order valence-electron chi connectivity index (χ3n) is 4.20. The molecule has 0 saturated carbocycles. The first kappa shape index (κ1) is 15.3. The Kier molecular flexibility index (Phi) is 3.89. The van der Waals surface area contributed by atoms with Crippen LogP contribution in [-0.4, -0.2) is 44.0 Å². The molecule has 2 aliphatic heterocycles. The summed E-state index contributed by atoms with van der Waals surface area (Å²) in [5.41, 5.74) is 0.646. The normalized spacial score (nSPS) is 28.5. The second-order valence-electron chi connectivity index (χ2n) is 6.26. The SMILES string of the molecule is CC(C)N=c1ccccn1C(=O)[C@H]1CS[C@@]2(C)CCC(=O)N12.